The summed E-state index contributed by atoms with van der Waals surface area (Å²) in [5, 5.41) is 8.21. The largest absolute Gasteiger partial charge is 0.253 e. The van der Waals surface area contributed by atoms with Crippen LogP contribution in [-0.4, -0.2) is 10.7 Å². The lowest BCUT2D eigenvalue weighted by atomic mass is 9.70. The number of hydrazone groups is 1. The zero-order valence-corrected chi connectivity index (χ0v) is 16.9. The first-order valence-corrected chi connectivity index (χ1v) is 10.6. The maximum Gasteiger partial charge on any atom is 0.203 e. The SMILES string of the molecule is CC1(C)[C@@H]2CC[C@]1(C)/C(=N/Nc1ncc(-c3ccc4ccccc4c3)s1)C2. The molecule has 2 aromatic carbocycles. The van der Waals surface area contributed by atoms with Gasteiger partial charge in [-0.1, -0.05) is 68.5 Å². The van der Waals surface area contributed by atoms with Crippen LogP contribution in [-0.2, 0) is 0 Å². The molecule has 1 heterocycles. The first-order valence-electron chi connectivity index (χ1n) is 9.75. The van der Waals surface area contributed by atoms with Gasteiger partial charge in [0.1, 0.15) is 0 Å². The first-order chi connectivity index (χ1) is 13.0. The molecule has 0 radical (unpaired) electrons. The summed E-state index contributed by atoms with van der Waals surface area (Å²) >= 11 is 1.67. The summed E-state index contributed by atoms with van der Waals surface area (Å²) in [7, 11) is 0. The van der Waals surface area contributed by atoms with Crippen molar-refractivity contribution in [3.05, 3.63) is 48.7 Å². The summed E-state index contributed by atoms with van der Waals surface area (Å²) in [6, 6.07) is 15.0. The van der Waals surface area contributed by atoms with Gasteiger partial charge in [0, 0.05) is 17.3 Å². The van der Waals surface area contributed by atoms with Crippen LogP contribution < -0.4 is 5.43 Å². The summed E-state index contributed by atoms with van der Waals surface area (Å²) in [6.07, 6.45) is 5.67. The van der Waals surface area contributed by atoms with E-state index in [4.69, 9.17) is 5.10 Å². The highest BCUT2D eigenvalue weighted by Gasteiger charge is 2.59. The third-order valence-electron chi connectivity index (χ3n) is 7.34. The molecule has 2 saturated carbocycles. The second-order valence-corrected chi connectivity index (χ2v) is 9.79. The van der Waals surface area contributed by atoms with E-state index in [0.717, 1.165) is 17.5 Å². The molecule has 138 valence electrons. The summed E-state index contributed by atoms with van der Waals surface area (Å²) in [5.74, 6) is 0.771. The van der Waals surface area contributed by atoms with Crippen molar-refractivity contribution in [1.29, 1.82) is 0 Å². The third-order valence-corrected chi connectivity index (χ3v) is 8.29. The second kappa shape index (κ2) is 5.90. The lowest BCUT2D eigenvalue weighted by molar-refractivity contribution is 0.194. The van der Waals surface area contributed by atoms with Crippen molar-refractivity contribution in [1.82, 2.24) is 4.98 Å². The van der Waals surface area contributed by atoms with Crippen molar-refractivity contribution in [3.63, 3.8) is 0 Å². The van der Waals surface area contributed by atoms with Crippen molar-refractivity contribution in [2.24, 2.45) is 21.8 Å². The molecule has 2 atom stereocenters. The minimum Gasteiger partial charge on any atom is -0.253 e. The Morgan fingerprint density at radius 2 is 1.93 bits per heavy atom. The van der Waals surface area contributed by atoms with Crippen LogP contribution in [0.2, 0.25) is 0 Å². The zero-order chi connectivity index (χ0) is 18.6. The second-order valence-electron chi connectivity index (χ2n) is 8.76. The third kappa shape index (κ3) is 2.53. The molecule has 2 bridgehead atoms. The molecule has 3 nitrogen and oxygen atoms in total. The molecule has 1 N–H and O–H groups in total. The number of anilines is 1. The number of hydrogen-bond donors (Lipinski definition) is 1. The molecule has 1 aromatic heterocycles. The maximum absolute atomic E-state index is 4.82. The Kier molecular flexibility index (Phi) is 3.70. The van der Waals surface area contributed by atoms with Crippen molar-refractivity contribution >= 4 is 33.0 Å². The van der Waals surface area contributed by atoms with Crippen LogP contribution >= 0.6 is 11.3 Å². The van der Waals surface area contributed by atoms with Crippen LogP contribution in [0.25, 0.3) is 21.2 Å². The Morgan fingerprint density at radius 1 is 1.11 bits per heavy atom. The average molecular weight is 376 g/mol. The van der Waals surface area contributed by atoms with Crippen molar-refractivity contribution in [2.45, 2.75) is 40.0 Å². The number of aromatic nitrogens is 1. The summed E-state index contributed by atoms with van der Waals surface area (Å²) in [6.45, 7) is 7.21. The lowest BCUT2D eigenvalue weighted by Gasteiger charge is -2.34. The highest BCUT2D eigenvalue weighted by molar-refractivity contribution is 7.18. The van der Waals surface area contributed by atoms with Gasteiger partial charge in [-0.3, -0.25) is 5.43 Å². The normalized spacial score (nSPS) is 27.5. The van der Waals surface area contributed by atoms with Gasteiger partial charge >= 0.3 is 0 Å². The average Bonchev–Trinajstić information content (AvgIpc) is 3.28. The van der Waals surface area contributed by atoms with Gasteiger partial charge < -0.3 is 0 Å². The van der Waals surface area contributed by atoms with Gasteiger partial charge in [-0.05, 0) is 53.0 Å². The minimum absolute atomic E-state index is 0.225. The first kappa shape index (κ1) is 16.9. The molecule has 2 fully saturated rings. The molecule has 0 saturated heterocycles. The van der Waals surface area contributed by atoms with E-state index in [9.17, 15) is 0 Å². The van der Waals surface area contributed by atoms with Crippen molar-refractivity contribution < 1.29 is 0 Å². The van der Waals surface area contributed by atoms with Crippen LogP contribution in [0, 0.1) is 16.7 Å². The van der Waals surface area contributed by atoms with E-state index in [2.05, 4.69) is 73.6 Å². The number of thiazole rings is 1. The van der Waals surface area contributed by atoms with Crippen LogP contribution in [0.4, 0.5) is 5.13 Å². The molecule has 0 spiro atoms. The molecule has 0 aliphatic heterocycles. The summed E-state index contributed by atoms with van der Waals surface area (Å²) in [5.41, 5.74) is 6.37. The fourth-order valence-electron chi connectivity index (χ4n) is 5.01. The monoisotopic (exact) mass is 375 g/mol. The molecule has 2 aliphatic carbocycles. The predicted octanol–water partition coefficient (Wildman–Crippen LogP) is 6.58. The van der Waals surface area contributed by atoms with Gasteiger partial charge in [0.25, 0.3) is 0 Å². The van der Waals surface area contributed by atoms with E-state index < -0.39 is 0 Å². The molecule has 27 heavy (non-hydrogen) atoms. The Balaban J connectivity index is 1.38. The van der Waals surface area contributed by atoms with Crippen molar-refractivity contribution in [2.75, 3.05) is 5.43 Å². The van der Waals surface area contributed by atoms with Gasteiger partial charge in [-0.25, -0.2) is 4.98 Å². The molecular weight excluding hydrogens is 350 g/mol. The number of fused-ring (bicyclic) bond motifs is 3. The Labute approximate surface area is 164 Å². The predicted molar refractivity (Wildman–Crippen MR) is 115 cm³/mol. The fraction of sp³-hybridized carbons (Fsp3) is 0.391. The Bertz CT molecular complexity index is 1050. The minimum atomic E-state index is 0.225. The highest BCUT2D eigenvalue weighted by atomic mass is 32.1. The standard InChI is InChI=1S/C23H25N3S/c1-22(2)18-10-11-23(22,3)20(13-18)25-26-21-24-14-19(27-21)17-9-8-15-6-4-5-7-16(15)12-17/h4-9,12,14,18H,10-11,13H2,1-3H3,(H,24,26)/b25-20+/t18-,23-/m1/s1. The smallest absolute Gasteiger partial charge is 0.203 e. The van der Waals surface area contributed by atoms with Gasteiger partial charge in [0.05, 0.1) is 4.88 Å². The van der Waals surface area contributed by atoms with E-state index in [-0.39, 0.29) is 5.41 Å². The molecule has 4 heteroatoms. The molecule has 2 aliphatic rings. The van der Waals surface area contributed by atoms with Crippen LogP contribution in [0.15, 0.2) is 53.8 Å². The molecule has 3 aromatic rings. The van der Waals surface area contributed by atoms with Crippen LogP contribution in [0.1, 0.15) is 40.0 Å². The van der Waals surface area contributed by atoms with Gasteiger partial charge in [0.15, 0.2) is 0 Å². The van der Waals surface area contributed by atoms with E-state index in [1.807, 2.05) is 6.20 Å². The number of benzene rings is 2. The summed E-state index contributed by atoms with van der Waals surface area (Å²) < 4.78 is 0. The molecule has 0 unspecified atom stereocenters. The Hall–Kier alpha value is -2.20. The van der Waals surface area contributed by atoms with E-state index in [1.165, 1.54) is 39.8 Å². The van der Waals surface area contributed by atoms with E-state index >= 15 is 0 Å². The quantitative estimate of drug-likeness (QED) is 0.525. The van der Waals surface area contributed by atoms with Gasteiger partial charge in [-0.2, -0.15) is 5.10 Å². The van der Waals surface area contributed by atoms with E-state index in [1.54, 1.807) is 11.3 Å². The topological polar surface area (TPSA) is 37.3 Å². The Morgan fingerprint density at radius 3 is 2.67 bits per heavy atom. The van der Waals surface area contributed by atoms with Gasteiger partial charge in [0.2, 0.25) is 5.13 Å². The van der Waals surface area contributed by atoms with Crippen LogP contribution in [0.5, 0.6) is 0 Å². The number of nitrogens with zero attached hydrogens (tertiary/aromatic N) is 2. The summed E-state index contributed by atoms with van der Waals surface area (Å²) in [4.78, 5) is 5.72. The molecule has 5 rings (SSSR count). The zero-order valence-electron chi connectivity index (χ0n) is 16.1. The molecular formula is C23H25N3S. The number of hydrogen-bond acceptors (Lipinski definition) is 4. The van der Waals surface area contributed by atoms with Gasteiger partial charge in [-0.15, -0.1) is 0 Å². The number of rotatable bonds is 3. The lowest BCUT2D eigenvalue weighted by Crippen LogP contribution is -2.32. The van der Waals surface area contributed by atoms with E-state index in [0.29, 0.717) is 5.41 Å². The number of nitrogens with one attached hydrogen (secondary N) is 1. The maximum atomic E-state index is 4.82. The fourth-order valence-corrected chi connectivity index (χ4v) is 5.77. The molecule has 0 amide bonds. The van der Waals surface area contributed by atoms with Crippen molar-refractivity contribution in [3.8, 4) is 10.4 Å². The van der Waals surface area contributed by atoms with Crippen LogP contribution in [0.3, 0.4) is 0 Å². The highest BCUT2D eigenvalue weighted by Crippen LogP contribution is 2.63.